The Morgan fingerprint density at radius 3 is 2.60 bits per heavy atom. The van der Waals surface area contributed by atoms with Gasteiger partial charge in [-0.15, -0.1) is 0 Å². The van der Waals surface area contributed by atoms with Gasteiger partial charge in [-0.05, 0) is 39.0 Å². The molecule has 2 N–H and O–H groups in total. The third-order valence-corrected chi connectivity index (χ3v) is 4.85. The van der Waals surface area contributed by atoms with Gasteiger partial charge < -0.3 is 19.8 Å². The van der Waals surface area contributed by atoms with E-state index in [9.17, 15) is 14.9 Å². The number of carbonyl (C=O) groups excluding carboxylic acids is 2. The number of methoxy groups -OCH3 is 1. The fourth-order valence-electron chi connectivity index (χ4n) is 3.11. The summed E-state index contributed by atoms with van der Waals surface area (Å²) in [6.07, 6.45) is 3.86. The van der Waals surface area contributed by atoms with Gasteiger partial charge in [0.1, 0.15) is 18.2 Å². The lowest BCUT2D eigenvalue weighted by Crippen LogP contribution is -2.43. The number of esters is 2. The van der Waals surface area contributed by atoms with E-state index in [0.717, 1.165) is 10.9 Å². The predicted octanol–water partition coefficient (Wildman–Crippen LogP) is 2.33. The van der Waals surface area contributed by atoms with Gasteiger partial charge in [0.2, 0.25) is 0 Å². The van der Waals surface area contributed by atoms with E-state index in [1.165, 1.54) is 31.1 Å². The molecule has 2 atom stereocenters. The van der Waals surface area contributed by atoms with E-state index in [4.69, 9.17) is 10.5 Å². The van der Waals surface area contributed by atoms with Gasteiger partial charge in [0.05, 0.1) is 30.1 Å². The monoisotopic (exact) mass is 409 g/mol. The highest BCUT2D eigenvalue weighted by Gasteiger charge is 2.26. The predicted molar refractivity (Wildman–Crippen MR) is 109 cm³/mol. The lowest BCUT2D eigenvalue weighted by molar-refractivity contribution is -0.144. The normalized spacial score (nSPS) is 13.1. The fraction of sp³-hybridized carbons (Fsp3) is 0.333. The molecular weight excluding hydrogens is 386 g/mol. The van der Waals surface area contributed by atoms with Gasteiger partial charge in [-0.25, -0.2) is 9.48 Å². The maximum Gasteiger partial charge on any atom is 0.341 e. The second-order valence-corrected chi connectivity index (χ2v) is 7.19. The Balaban J connectivity index is 1.85. The highest BCUT2D eigenvalue weighted by Crippen LogP contribution is 2.26. The number of carbonyl (C=O) groups is 2. The average Bonchev–Trinajstić information content (AvgIpc) is 3.37. The van der Waals surface area contributed by atoms with Crippen molar-refractivity contribution in [2.24, 2.45) is 5.73 Å². The summed E-state index contributed by atoms with van der Waals surface area (Å²) in [5.41, 5.74) is 8.11. The molecule has 9 nitrogen and oxygen atoms in total. The highest BCUT2D eigenvalue weighted by molar-refractivity contribution is 5.90. The number of nitrogens with zero attached hydrogens (tertiary/aromatic N) is 4. The van der Waals surface area contributed by atoms with Crippen molar-refractivity contribution in [2.75, 3.05) is 7.11 Å². The Morgan fingerprint density at radius 2 is 1.97 bits per heavy atom. The van der Waals surface area contributed by atoms with Crippen molar-refractivity contribution in [3.8, 4) is 11.8 Å². The first-order valence-electron chi connectivity index (χ1n) is 9.41. The van der Waals surface area contributed by atoms with Crippen LogP contribution < -0.4 is 5.73 Å². The number of hydrogen-bond acceptors (Lipinski definition) is 7. The number of rotatable bonds is 6. The lowest BCUT2D eigenvalue weighted by atomic mass is 10.1. The van der Waals surface area contributed by atoms with Crippen LogP contribution in [-0.4, -0.2) is 45.5 Å². The molecule has 3 rings (SSSR count). The van der Waals surface area contributed by atoms with Crippen molar-refractivity contribution >= 4 is 22.8 Å². The number of nitrogens with two attached hydrogens (primary N) is 1. The van der Waals surface area contributed by atoms with Crippen LogP contribution in [0.25, 0.3) is 16.6 Å². The zero-order valence-corrected chi connectivity index (χ0v) is 17.2. The molecule has 0 amide bonds. The highest BCUT2D eigenvalue weighted by atomic mass is 16.6. The summed E-state index contributed by atoms with van der Waals surface area (Å²) in [5, 5.41) is 14.5. The van der Waals surface area contributed by atoms with Crippen LogP contribution in [0.3, 0.4) is 0 Å². The molecular formula is C21H23N5O4. The zero-order chi connectivity index (χ0) is 22.0. The number of aromatic nitrogens is 3. The van der Waals surface area contributed by atoms with Crippen molar-refractivity contribution in [1.29, 1.82) is 5.26 Å². The maximum absolute atomic E-state index is 12.4. The van der Waals surface area contributed by atoms with Gasteiger partial charge >= 0.3 is 11.9 Å². The summed E-state index contributed by atoms with van der Waals surface area (Å²) in [6.45, 7) is 5.61. The van der Waals surface area contributed by atoms with E-state index in [-0.39, 0.29) is 11.6 Å². The van der Waals surface area contributed by atoms with Crippen LogP contribution >= 0.6 is 0 Å². The van der Waals surface area contributed by atoms with Gasteiger partial charge in [0.25, 0.3) is 0 Å². The van der Waals surface area contributed by atoms with Crippen LogP contribution in [0.5, 0.6) is 0 Å². The zero-order valence-electron chi connectivity index (χ0n) is 17.2. The first-order valence-corrected chi connectivity index (χ1v) is 9.41. The van der Waals surface area contributed by atoms with Gasteiger partial charge in [-0.2, -0.15) is 10.4 Å². The summed E-state index contributed by atoms with van der Waals surface area (Å²) >= 11 is 0. The molecule has 0 aliphatic rings. The molecule has 0 aliphatic carbocycles. The molecule has 156 valence electrons. The van der Waals surface area contributed by atoms with E-state index in [1.807, 2.05) is 42.8 Å². The van der Waals surface area contributed by atoms with Gasteiger partial charge in [-0.3, -0.25) is 4.79 Å². The van der Waals surface area contributed by atoms with E-state index >= 15 is 0 Å². The molecule has 1 aromatic carbocycles. The van der Waals surface area contributed by atoms with Crippen LogP contribution in [0.1, 0.15) is 42.7 Å². The summed E-state index contributed by atoms with van der Waals surface area (Å²) in [5.74, 6) is -1.32. The molecule has 0 aliphatic heterocycles. The van der Waals surface area contributed by atoms with Crippen LogP contribution in [0.15, 0.2) is 36.8 Å². The summed E-state index contributed by atoms with van der Waals surface area (Å²) < 4.78 is 13.4. The van der Waals surface area contributed by atoms with Gasteiger partial charge in [0, 0.05) is 29.3 Å². The lowest BCUT2D eigenvalue weighted by Gasteiger charge is -2.17. The fourth-order valence-corrected chi connectivity index (χ4v) is 3.11. The second kappa shape index (κ2) is 8.39. The van der Waals surface area contributed by atoms with E-state index < -0.39 is 24.1 Å². The van der Waals surface area contributed by atoms with E-state index in [2.05, 4.69) is 15.9 Å². The SMILES string of the molecule is COC(=O)[C@@H](N)[C@@H](C)OC(=O)c1cnn(-c2ccc3c(c2)c(C#N)cn3C(C)C)c1. The summed E-state index contributed by atoms with van der Waals surface area (Å²) in [7, 11) is 1.21. The number of fused-ring (bicyclic) bond motifs is 1. The minimum atomic E-state index is -1.08. The average molecular weight is 409 g/mol. The molecule has 9 heteroatoms. The topological polar surface area (TPSA) is 125 Å². The van der Waals surface area contributed by atoms with Gasteiger partial charge in [0.15, 0.2) is 0 Å². The molecule has 0 saturated heterocycles. The molecule has 30 heavy (non-hydrogen) atoms. The smallest absolute Gasteiger partial charge is 0.341 e. The quantitative estimate of drug-likeness (QED) is 0.619. The van der Waals surface area contributed by atoms with Crippen molar-refractivity contribution < 1.29 is 19.1 Å². The van der Waals surface area contributed by atoms with Crippen molar-refractivity contribution in [2.45, 2.75) is 39.0 Å². The largest absolute Gasteiger partial charge is 0.468 e. The molecule has 2 heterocycles. The molecule has 0 bridgehead atoms. The van der Waals surface area contributed by atoms with Crippen molar-refractivity contribution in [1.82, 2.24) is 14.3 Å². The Labute approximate surface area is 173 Å². The molecule has 3 aromatic rings. The standard InChI is InChI=1S/C21H23N5O4/c1-12(2)25-10-14(8-22)17-7-16(5-6-18(17)25)26-11-15(9-24-26)20(27)30-13(3)19(23)21(28)29-4/h5-7,9-13,19H,23H2,1-4H3/t13-,19+/m1/s1. The third-order valence-electron chi connectivity index (χ3n) is 4.85. The Bertz CT molecular complexity index is 1140. The van der Waals surface area contributed by atoms with Crippen LogP contribution in [0, 0.1) is 11.3 Å². The van der Waals surface area contributed by atoms with Gasteiger partial charge in [-0.1, -0.05) is 0 Å². The minimum Gasteiger partial charge on any atom is -0.468 e. The van der Waals surface area contributed by atoms with Crippen LogP contribution in [-0.2, 0) is 14.3 Å². The molecule has 2 aromatic heterocycles. The molecule has 0 fully saturated rings. The molecule has 0 saturated carbocycles. The van der Waals surface area contributed by atoms with Crippen LogP contribution in [0.2, 0.25) is 0 Å². The third kappa shape index (κ3) is 3.90. The molecule has 0 radical (unpaired) electrons. The van der Waals surface area contributed by atoms with Crippen molar-refractivity contribution in [3.63, 3.8) is 0 Å². The Hall–Kier alpha value is -3.64. The number of nitriles is 1. The molecule has 0 unspecified atom stereocenters. The first kappa shape index (κ1) is 21.1. The summed E-state index contributed by atoms with van der Waals surface area (Å²) in [4.78, 5) is 23.9. The number of hydrogen-bond donors (Lipinski definition) is 1. The summed E-state index contributed by atoms with van der Waals surface area (Å²) in [6, 6.07) is 6.99. The van der Waals surface area contributed by atoms with Crippen LogP contribution in [0.4, 0.5) is 0 Å². The molecule has 0 spiro atoms. The minimum absolute atomic E-state index is 0.208. The first-order chi connectivity index (χ1) is 14.3. The van der Waals surface area contributed by atoms with E-state index in [0.29, 0.717) is 11.3 Å². The number of benzene rings is 1. The Kier molecular flexibility index (Phi) is 5.89. The second-order valence-electron chi connectivity index (χ2n) is 7.19. The van der Waals surface area contributed by atoms with E-state index in [1.54, 1.807) is 0 Å². The maximum atomic E-state index is 12.4. The van der Waals surface area contributed by atoms with Crippen molar-refractivity contribution in [3.05, 3.63) is 47.9 Å². The number of ether oxygens (including phenoxy) is 2. The Morgan fingerprint density at radius 1 is 1.23 bits per heavy atom.